The van der Waals surface area contributed by atoms with Gasteiger partial charge in [-0.2, -0.15) is 0 Å². The number of sulfone groups is 1. The predicted octanol–water partition coefficient (Wildman–Crippen LogP) is 1.43. The highest BCUT2D eigenvalue weighted by molar-refractivity contribution is 7.96. The molecule has 2 rings (SSSR count). The minimum Gasteiger partial charge on any atom is -0.468 e. The van der Waals surface area contributed by atoms with Crippen LogP contribution >= 0.6 is 0 Å². The molecule has 0 amide bonds. The lowest BCUT2D eigenvalue weighted by atomic mass is 9.77. The van der Waals surface area contributed by atoms with Crippen LogP contribution in [0.5, 0.6) is 0 Å². The molecule has 6 heteroatoms. The number of esters is 1. The maximum Gasteiger partial charge on any atom is 0.316 e. The van der Waals surface area contributed by atoms with Crippen LogP contribution in [0.1, 0.15) is 26.7 Å². The summed E-state index contributed by atoms with van der Waals surface area (Å²) in [6.45, 7) is 3.56. The average molecular weight is 285 g/mol. The van der Waals surface area contributed by atoms with Gasteiger partial charge in [-0.3, -0.25) is 4.79 Å². The zero-order chi connectivity index (χ0) is 14.4. The van der Waals surface area contributed by atoms with Crippen molar-refractivity contribution in [3.8, 4) is 0 Å². The molecule has 0 fully saturated rings. The highest BCUT2D eigenvalue weighted by Gasteiger charge is 2.47. The van der Waals surface area contributed by atoms with E-state index in [1.807, 2.05) is 6.92 Å². The molecular formula is C13H19NO4S. The van der Waals surface area contributed by atoms with Crippen molar-refractivity contribution in [3.63, 3.8) is 0 Å². The lowest BCUT2D eigenvalue weighted by Crippen LogP contribution is -2.34. The summed E-state index contributed by atoms with van der Waals surface area (Å²) in [7, 11) is -0.192. The maximum absolute atomic E-state index is 12.2. The van der Waals surface area contributed by atoms with Crippen LogP contribution in [-0.2, 0) is 19.4 Å². The molecule has 0 saturated carbocycles. The van der Waals surface area contributed by atoms with Gasteiger partial charge < -0.3 is 9.64 Å². The SMILES string of the molecule is CCC1(C(=O)OC)C=CC2=C(C1)N(C)C(C)S2(=O)=O. The molecule has 0 aromatic carbocycles. The molecule has 0 spiro atoms. The molecule has 0 bridgehead atoms. The Balaban J connectivity index is 2.48. The van der Waals surface area contributed by atoms with E-state index in [4.69, 9.17) is 4.74 Å². The molecule has 2 aliphatic rings. The van der Waals surface area contributed by atoms with E-state index in [1.54, 1.807) is 31.0 Å². The van der Waals surface area contributed by atoms with Gasteiger partial charge >= 0.3 is 5.97 Å². The van der Waals surface area contributed by atoms with Crippen LogP contribution in [0.3, 0.4) is 0 Å². The molecule has 2 atom stereocenters. The molecule has 0 saturated heterocycles. The quantitative estimate of drug-likeness (QED) is 0.718. The van der Waals surface area contributed by atoms with Gasteiger partial charge in [-0.25, -0.2) is 8.42 Å². The number of carbonyl (C=O) groups excluding carboxylic acids is 1. The fourth-order valence-electron chi connectivity index (χ4n) is 2.68. The number of carbonyl (C=O) groups is 1. The largest absolute Gasteiger partial charge is 0.468 e. The monoisotopic (exact) mass is 285 g/mol. The Bertz CT molecular complexity index is 575. The van der Waals surface area contributed by atoms with Gasteiger partial charge in [-0.05, 0) is 19.4 Å². The van der Waals surface area contributed by atoms with Crippen molar-refractivity contribution >= 4 is 15.8 Å². The normalized spacial score (nSPS) is 32.4. The topological polar surface area (TPSA) is 63.7 Å². The summed E-state index contributed by atoms with van der Waals surface area (Å²) >= 11 is 0. The smallest absolute Gasteiger partial charge is 0.316 e. The van der Waals surface area contributed by atoms with Crippen molar-refractivity contribution in [2.45, 2.75) is 32.1 Å². The Morgan fingerprint density at radius 1 is 1.58 bits per heavy atom. The average Bonchev–Trinajstić information content (AvgIpc) is 2.58. The standard InChI is InChI=1S/C13H19NO4S/c1-5-13(12(15)18-4)7-6-11-10(8-13)14(3)9(2)19(11,16)17/h6-7,9H,5,8H2,1-4H3. The third kappa shape index (κ3) is 1.81. The van der Waals surface area contributed by atoms with Crippen LogP contribution in [0.4, 0.5) is 0 Å². The molecule has 5 nitrogen and oxygen atoms in total. The molecule has 106 valence electrons. The first kappa shape index (κ1) is 14.1. The van der Waals surface area contributed by atoms with Gasteiger partial charge in [0.05, 0.1) is 17.4 Å². The fourth-order valence-corrected chi connectivity index (χ4v) is 4.39. The van der Waals surface area contributed by atoms with Crippen molar-refractivity contribution in [2.75, 3.05) is 14.2 Å². The highest BCUT2D eigenvalue weighted by atomic mass is 32.2. The first-order valence-corrected chi connectivity index (χ1v) is 7.82. The summed E-state index contributed by atoms with van der Waals surface area (Å²) in [5, 5.41) is -0.576. The second-order valence-electron chi connectivity index (χ2n) is 5.08. The van der Waals surface area contributed by atoms with Crippen molar-refractivity contribution in [1.29, 1.82) is 0 Å². The second-order valence-corrected chi connectivity index (χ2v) is 7.29. The Kier molecular flexibility index (Phi) is 3.24. The summed E-state index contributed by atoms with van der Waals surface area (Å²) < 4.78 is 29.3. The predicted molar refractivity (Wildman–Crippen MR) is 71.7 cm³/mol. The van der Waals surface area contributed by atoms with E-state index in [1.165, 1.54) is 7.11 Å². The van der Waals surface area contributed by atoms with Gasteiger partial charge in [0.1, 0.15) is 5.37 Å². The maximum atomic E-state index is 12.2. The minimum atomic E-state index is -3.30. The van der Waals surface area contributed by atoms with Gasteiger partial charge in [0.25, 0.3) is 0 Å². The van der Waals surface area contributed by atoms with E-state index in [9.17, 15) is 13.2 Å². The Morgan fingerprint density at radius 3 is 2.74 bits per heavy atom. The van der Waals surface area contributed by atoms with Crippen LogP contribution in [0, 0.1) is 5.41 Å². The van der Waals surface area contributed by atoms with Gasteiger partial charge in [-0.15, -0.1) is 0 Å². The Labute approximate surface area is 113 Å². The molecule has 0 N–H and O–H groups in total. The molecule has 1 aliphatic carbocycles. The lowest BCUT2D eigenvalue weighted by Gasteiger charge is -2.32. The molecule has 19 heavy (non-hydrogen) atoms. The fraction of sp³-hybridized carbons (Fsp3) is 0.615. The van der Waals surface area contributed by atoms with E-state index < -0.39 is 20.6 Å². The van der Waals surface area contributed by atoms with E-state index >= 15 is 0 Å². The van der Waals surface area contributed by atoms with Gasteiger partial charge in [0.2, 0.25) is 9.84 Å². The zero-order valence-electron chi connectivity index (χ0n) is 11.6. The van der Waals surface area contributed by atoms with Gasteiger partial charge in [-0.1, -0.05) is 13.0 Å². The van der Waals surface area contributed by atoms with Gasteiger partial charge in [0.15, 0.2) is 0 Å². The van der Waals surface area contributed by atoms with E-state index in [-0.39, 0.29) is 5.97 Å². The molecule has 2 unspecified atom stereocenters. The highest BCUT2D eigenvalue weighted by Crippen LogP contribution is 2.45. The number of hydrogen-bond donors (Lipinski definition) is 0. The van der Waals surface area contributed by atoms with Gasteiger partial charge in [0, 0.05) is 19.2 Å². The molecule has 1 heterocycles. The van der Waals surface area contributed by atoms with Crippen LogP contribution in [0.2, 0.25) is 0 Å². The van der Waals surface area contributed by atoms with Crippen LogP contribution in [0.25, 0.3) is 0 Å². The summed E-state index contributed by atoms with van der Waals surface area (Å²) in [6.07, 6.45) is 4.20. The van der Waals surface area contributed by atoms with Crippen LogP contribution in [0.15, 0.2) is 22.8 Å². The molecule has 0 aromatic heterocycles. The van der Waals surface area contributed by atoms with Crippen molar-refractivity contribution < 1.29 is 17.9 Å². The van der Waals surface area contributed by atoms with E-state index in [0.717, 1.165) is 0 Å². The molecule has 0 aromatic rings. The van der Waals surface area contributed by atoms with E-state index in [0.29, 0.717) is 23.4 Å². The first-order chi connectivity index (χ1) is 8.80. The third-order valence-corrected chi connectivity index (χ3v) is 6.47. The number of ether oxygens (including phenoxy) is 1. The third-order valence-electron chi connectivity index (χ3n) is 4.27. The van der Waals surface area contributed by atoms with Crippen molar-refractivity contribution in [3.05, 3.63) is 22.8 Å². The molecule has 0 radical (unpaired) electrons. The second kappa shape index (κ2) is 4.37. The van der Waals surface area contributed by atoms with E-state index in [2.05, 4.69) is 0 Å². The number of nitrogens with zero attached hydrogens (tertiary/aromatic N) is 1. The number of allylic oxidation sites excluding steroid dienone is 2. The minimum absolute atomic E-state index is 0.317. The number of methoxy groups -OCH3 is 1. The zero-order valence-corrected chi connectivity index (χ0v) is 12.5. The Morgan fingerprint density at radius 2 is 2.21 bits per heavy atom. The first-order valence-electron chi connectivity index (χ1n) is 6.27. The summed E-state index contributed by atoms with van der Waals surface area (Å²) in [4.78, 5) is 14.1. The Hall–Kier alpha value is -1.30. The lowest BCUT2D eigenvalue weighted by molar-refractivity contribution is -0.150. The summed E-state index contributed by atoms with van der Waals surface area (Å²) in [5.41, 5.74) is -0.0382. The number of rotatable bonds is 2. The van der Waals surface area contributed by atoms with Crippen LogP contribution < -0.4 is 0 Å². The summed E-state index contributed by atoms with van der Waals surface area (Å²) in [5.74, 6) is -0.317. The molecular weight excluding hydrogens is 266 g/mol. The number of hydrogen-bond acceptors (Lipinski definition) is 5. The summed E-state index contributed by atoms with van der Waals surface area (Å²) in [6, 6.07) is 0. The van der Waals surface area contributed by atoms with Crippen molar-refractivity contribution in [1.82, 2.24) is 4.90 Å². The molecule has 1 aliphatic heterocycles. The van der Waals surface area contributed by atoms with Crippen LogP contribution in [-0.4, -0.2) is 38.8 Å². The van der Waals surface area contributed by atoms with Crippen molar-refractivity contribution in [2.24, 2.45) is 5.41 Å².